The van der Waals surface area contributed by atoms with Gasteiger partial charge < -0.3 is 15.2 Å². The molecule has 3 unspecified atom stereocenters. The molecule has 3 nitrogen and oxygen atoms in total. The number of fused-ring (bicyclic) bond motifs is 1. The molecule has 1 aromatic carbocycles. The van der Waals surface area contributed by atoms with Gasteiger partial charge in [0.25, 0.3) is 0 Å². The molecule has 0 aromatic heterocycles. The summed E-state index contributed by atoms with van der Waals surface area (Å²) < 4.78 is 11.1. The number of ether oxygens (including phenoxy) is 2. The molecule has 1 heterocycles. The summed E-state index contributed by atoms with van der Waals surface area (Å²) in [5, 5.41) is 0.646. The number of nitrogens with two attached hydrogens (primary N) is 1. The zero-order valence-corrected chi connectivity index (χ0v) is 10.5. The van der Waals surface area contributed by atoms with Crippen molar-refractivity contribution in [2.75, 3.05) is 13.2 Å². The Morgan fingerprint density at radius 2 is 2.12 bits per heavy atom. The Kier molecular flexibility index (Phi) is 2.68. The van der Waals surface area contributed by atoms with Gasteiger partial charge in [0.05, 0.1) is 5.02 Å². The van der Waals surface area contributed by atoms with Gasteiger partial charge in [0.1, 0.15) is 13.2 Å². The standard InChI is InChI=1S/C13H16ClNO2/c1-7(15)9-6-10(9)8-4-11(14)13-12(5-8)16-2-3-17-13/h4-5,7,9-10H,2-3,6,15H2,1H3. The number of hydrogen-bond acceptors (Lipinski definition) is 3. The van der Waals surface area contributed by atoms with Gasteiger partial charge >= 0.3 is 0 Å². The van der Waals surface area contributed by atoms with Crippen LogP contribution >= 0.6 is 11.6 Å². The van der Waals surface area contributed by atoms with E-state index in [4.69, 9.17) is 26.8 Å². The topological polar surface area (TPSA) is 44.5 Å². The fraction of sp³-hybridized carbons (Fsp3) is 0.538. The second-order valence-corrected chi connectivity index (χ2v) is 5.30. The third-order valence-corrected chi connectivity index (χ3v) is 3.84. The summed E-state index contributed by atoms with van der Waals surface area (Å²) in [7, 11) is 0. The van der Waals surface area contributed by atoms with E-state index in [1.807, 2.05) is 12.1 Å². The molecule has 1 fully saturated rings. The van der Waals surface area contributed by atoms with Gasteiger partial charge in [0, 0.05) is 6.04 Å². The van der Waals surface area contributed by atoms with Crippen LogP contribution in [0, 0.1) is 5.92 Å². The van der Waals surface area contributed by atoms with E-state index in [0.717, 1.165) is 12.2 Å². The minimum Gasteiger partial charge on any atom is -0.486 e. The van der Waals surface area contributed by atoms with Gasteiger partial charge in [-0.25, -0.2) is 0 Å². The van der Waals surface area contributed by atoms with Crippen LogP contribution in [0.5, 0.6) is 11.5 Å². The molecular formula is C13H16ClNO2. The summed E-state index contributed by atoms with van der Waals surface area (Å²) in [4.78, 5) is 0. The molecule has 2 aliphatic rings. The smallest absolute Gasteiger partial charge is 0.179 e. The van der Waals surface area contributed by atoms with E-state index in [2.05, 4.69) is 6.92 Å². The number of rotatable bonds is 2. The first-order valence-electron chi connectivity index (χ1n) is 6.01. The Morgan fingerprint density at radius 3 is 2.82 bits per heavy atom. The summed E-state index contributed by atoms with van der Waals surface area (Å²) in [5.41, 5.74) is 7.14. The molecule has 0 spiro atoms. The number of hydrogen-bond donors (Lipinski definition) is 1. The van der Waals surface area contributed by atoms with Crippen LogP contribution in [0.3, 0.4) is 0 Å². The van der Waals surface area contributed by atoms with E-state index >= 15 is 0 Å². The quantitative estimate of drug-likeness (QED) is 0.881. The molecule has 3 atom stereocenters. The van der Waals surface area contributed by atoms with Crippen molar-refractivity contribution < 1.29 is 9.47 Å². The van der Waals surface area contributed by atoms with Crippen LogP contribution in [-0.2, 0) is 0 Å². The average Bonchev–Trinajstić information content (AvgIpc) is 3.09. The van der Waals surface area contributed by atoms with E-state index < -0.39 is 0 Å². The van der Waals surface area contributed by atoms with Crippen LogP contribution in [0.4, 0.5) is 0 Å². The lowest BCUT2D eigenvalue weighted by molar-refractivity contribution is 0.171. The Bertz CT molecular complexity index is 447. The highest BCUT2D eigenvalue weighted by molar-refractivity contribution is 6.32. The summed E-state index contributed by atoms with van der Waals surface area (Å²) in [5.74, 6) is 2.56. The fourth-order valence-electron chi connectivity index (χ4n) is 2.52. The highest BCUT2D eigenvalue weighted by Gasteiger charge is 2.41. The van der Waals surface area contributed by atoms with Gasteiger partial charge in [-0.05, 0) is 42.9 Å². The largest absolute Gasteiger partial charge is 0.486 e. The van der Waals surface area contributed by atoms with E-state index in [0.29, 0.717) is 35.8 Å². The maximum absolute atomic E-state index is 6.21. The Balaban J connectivity index is 1.90. The van der Waals surface area contributed by atoms with Gasteiger partial charge in [-0.15, -0.1) is 0 Å². The molecule has 1 aromatic rings. The minimum absolute atomic E-state index is 0.243. The lowest BCUT2D eigenvalue weighted by atomic mass is 10.1. The number of halogens is 1. The fourth-order valence-corrected chi connectivity index (χ4v) is 2.80. The first-order chi connectivity index (χ1) is 8.16. The second kappa shape index (κ2) is 4.07. The van der Waals surface area contributed by atoms with Gasteiger partial charge in [-0.3, -0.25) is 0 Å². The number of benzene rings is 1. The molecule has 92 valence electrons. The predicted octanol–water partition coefficient (Wildman–Crippen LogP) is 2.56. The van der Waals surface area contributed by atoms with Crippen molar-refractivity contribution >= 4 is 11.6 Å². The first kappa shape index (κ1) is 11.2. The van der Waals surface area contributed by atoms with Crippen molar-refractivity contribution in [3.8, 4) is 11.5 Å². The van der Waals surface area contributed by atoms with Crippen molar-refractivity contribution in [3.05, 3.63) is 22.7 Å². The molecule has 0 bridgehead atoms. The molecule has 1 aliphatic carbocycles. The van der Waals surface area contributed by atoms with Crippen LogP contribution in [0.25, 0.3) is 0 Å². The van der Waals surface area contributed by atoms with E-state index in [-0.39, 0.29) is 6.04 Å². The van der Waals surface area contributed by atoms with E-state index in [1.54, 1.807) is 0 Å². The van der Waals surface area contributed by atoms with Crippen molar-refractivity contribution in [1.29, 1.82) is 0 Å². The molecule has 0 radical (unpaired) electrons. The average molecular weight is 254 g/mol. The first-order valence-corrected chi connectivity index (χ1v) is 6.39. The van der Waals surface area contributed by atoms with Crippen LogP contribution in [0.2, 0.25) is 5.02 Å². The van der Waals surface area contributed by atoms with Crippen molar-refractivity contribution in [2.24, 2.45) is 11.7 Å². The van der Waals surface area contributed by atoms with Gasteiger partial charge in [-0.2, -0.15) is 0 Å². The summed E-state index contributed by atoms with van der Waals surface area (Å²) in [6, 6.07) is 4.28. The lowest BCUT2D eigenvalue weighted by Gasteiger charge is -2.20. The van der Waals surface area contributed by atoms with E-state index in [1.165, 1.54) is 5.56 Å². The molecule has 0 amide bonds. The molecule has 4 heteroatoms. The molecule has 0 saturated heterocycles. The summed E-state index contributed by atoms with van der Waals surface area (Å²) in [6.07, 6.45) is 1.15. The SMILES string of the molecule is CC(N)C1CC1c1cc(Cl)c2c(c1)OCCO2. The van der Waals surface area contributed by atoms with E-state index in [9.17, 15) is 0 Å². The van der Waals surface area contributed by atoms with Crippen LogP contribution in [0.1, 0.15) is 24.8 Å². The van der Waals surface area contributed by atoms with Gasteiger partial charge in [0.15, 0.2) is 11.5 Å². The molecular weight excluding hydrogens is 238 g/mol. The Hall–Kier alpha value is -0.930. The normalized spacial score (nSPS) is 27.7. The van der Waals surface area contributed by atoms with Crippen LogP contribution in [-0.4, -0.2) is 19.3 Å². The van der Waals surface area contributed by atoms with Crippen molar-refractivity contribution in [3.63, 3.8) is 0 Å². The highest BCUT2D eigenvalue weighted by atomic mass is 35.5. The Morgan fingerprint density at radius 1 is 1.35 bits per heavy atom. The summed E-state index contributed by atoms with van der Waals surface area (Å²) in [6.45, 7) is 3.22. The molecule has 1 aliphatic heterocycles. The third-order valence-electron chi connectivity index (χ3n) is 3.56. The third kappa shape index (κ3) is 1.98. The molecule has 17 heavy (non-hydrogen) atoms. The van der Waals surface area contributed by atoms with Crippen LogP contribution in [0.15, 0.2) is 12.1 Å². The van der Waals surface area contributed by atoms with Crippen LogP contribution < -0.4 is 15.2 Å². The van der Waals surface area contributed by atoms with Gasteiger partial charge in [-0.1, -0.05) is 11.6 Å². The molecule has 2 N–H and O–H groups in total. The van der Waals surface area contributed by atoms with Crippen molar-refractivity contribution in [1.82, 2.24) is 0 Å². The monoisotopic (exact) mass is 253 g/mol. The highest BCUT2D eigenvalue weighted by Crippen LogP contribution is 2.52. The maximum Gasteiger partial charge on any atom is 0.179 e. The maximum atomic E-state index is 6.21. The van der Waals surface area contributed by atoms with Crippen molar-refractivity contribution in [2.45, 2.75) is 25.3 Å². The predicted molar refractivity (Wildman–Crippen MR) is 66.9 cm³/mol. The zero-order valence-electron chi connectivity index (χ0n) is 9.78. The molecule has 3 rings (SSSR count). The Labute approximate surface area is 106 Å². The van der Waals surface area contributed by atoms with Gasteiger partial charge in [0.2, 0.25) is 0 Å². The minimum atomic E-state index is 0.243. The lowest BCUT2D eigenvalue weighted by Crippen LogP contribution is -2.18. The zero-order chi connectivity index (χ0) is 12.0. The molecule has 1 saturated carbocycles. The second-order valence-electron chi connectivity index (χ2n) is 4.89. The summed E-state index contributed by atoms with van der Waals surface area (Å²) >= 11 is 6.21.